The quantitative estimate of drug-likeness (QED) is 0.617. The number of nitro benzene ring substituents is 1. The van der Waals surface area contributed by atoms with Crippen molar-refractivity contribution in [2.45, 2.75) is 0 Å². The van der Waals surface area contributed by atoms with Crippen LogP contribution in [0.1, 0.15) is 0 Å². The summed E-state index contributed by atoms with van der Waals surface area (Å²) in [6.45, 7) is 5.86. The topological polar surface area (TPSA) is 68.1 Å². The number of morpholine rings is 2. The van der Waals surface area contributed by atoms with Crippen LogP contribution in [0, 0.1) is 10.1 Å². The molecule has 7 heteroatoms. The highest BCUT2D eigenvalue weighted by Gasteiger charge is 2.22. The molecule has 7 nitrogen and oxygen atoms in total. The molecule has 2 saturated heterocycles. The van der Waals surface area contributed by atoms with Crippen LogP contribution in [0.3, 0.4) is 0 Å². The van der Waals surface area contributed by atoms with E-state index in [0.717, 1.165) is 37.6 Å². The molecule has 2 aliphatic heterocycles. The molecule has 0 aromatic heterocycles. The van der Waals surface area contributed by atoms with E-state index in [1.54, 1.807) is 12.1 Å². The number of anilines is 2. The van der Waals surface area contributed by atoms with Crippen LogP contribution in [-0.4, -0.2) is 57.5 Å². The molecule has 0 amide bonds. The summed E-state index contributed by atoms with van der Waals surface area (Å²) in [7, 11) is 0. The van der Waals surface area contributed by atoms with E-state index < -0.39 is 0 Å². The SMILES string of the molecule is O=[N+]([O-])c1ccc(N2CCOCC2)c(N2CCOCC2)c1. The predicted octanol–water partition coefficient (Wildman–Crippen LogP) is 1.27. The second kappa shape index (κ2) is 6.28. The van der Waals surface area contributed by atoms with E-state index in [-0.39, 0.29) is 10.6 Å². The van der Waals surface area contributed by atoms with Gasteiger partial charge in [0.05, 0.1) is 42.7 Å². The smallest absolute Gasteiger partial charge is 0.271 e. The summed E-state index contributed by atoms with van der Waals surface area (Å²) in [6.07, 6.45) is 0. The Kier molecular flexibility index (Phi) is 4.21. The first-order valence-corrected chi connectivity index (χ1v) is 7.19. The zero-order valence-corrected chi connectivity index (χ0v) is 11.9. The molecule has 0 spiro atoms. The van der Waals surface area contributed by atoms with Crippen LogP contribution in [0.2, 0.25) is 0 Å². The highest BCUT2D eigenvalue weighted by Crippen LogP contribution is 2.34. The minimum Gasteiger partial charge on any atom is -0.378 e. The maximum Gasteiger partial charge on any atom is 0.271 e. The predicted molar refractivity (Wildman–Crippen MR) is 79.2 cm³/mol. The highest BCUT2D eigenvalue weighted by atomic mass is 16.6. The minimum atomic E-state index is -0.340. The van der Waals surface area contributed by atoms with Gasteiger partial charge in [0.2, 0.25) is 0 Å². The second-order valence-electron chi connectivity index (χ2n) is 5.13. The number of nitro groups is 1. The first-order valence-electron chi connectivity index (χ1n) is 7.19. The van der Waals surface area contributed by atoms with Crippen molar-refractivity contribution in [1.29, 1.82) is 0 Å². The van der Waals surface area contributed by atoms with Crippen LogP contribution in [0.4, 0.5) is 17.1 Å². The third-order valence-electron chi connectivity index (χ3n) is 3.87. The Morgan fingerprint density at radius 1 is 0.905 bits per heavy atom. The Hall–Kier alpha value is -1.86. The molecule has 0 radical (unpaired) electrons. The molecule has 2 heterocycles. The van der Waals surface area contributed by atoms with E-state index in [4.69, 9.17) is 9.47 Å². The molecule has 1 aromatic rings. The van der Waals surface area contributed by atoms with Gasteiger partial charge in [0.25, 0.3) is 5.69 Å². The fourth-order valence-corrected chi connectivity index (χ4v) is 2.75. The number of hydrogen-bond donors (Lipinski definition) is 0. The molecular weight excluding hydrogens is 274 g/mol. The van der Waals surface area contributed by atoms with E-state index in [1.165, 1.54) is 0 Å². The van der Waals surface area contributed by atoms with E-state index in [9.17, 15) is 10.1 Å². The zero-order chi connectivity index (χ0) is 14.7. The number of hydrogen-bond acceptors (Lipinski definition) is 6. The van der Waals surface area contributed by atoms with Crippen molar-refractivity contribution in [3.8, 4) is 0 Å². The summed E-state index contributed by atoms with van der Waals surface area (Å²) < 4.78 is 10.8. The van der Waals surface area contributed by atoms with Crippen molar-refractivity contribution in [2.75, 3.05) is 62.4 Å². The first kappa shape index (κ1) is 14.1. The van der Waals surface area contributed by atoms with Crippen LogP contribution in [-0.2, 0) is 9.47 Å². The van der Waals surface area contributed by atoms with Gasteiger partial charge in [-0.15, -0.1) is 0 Å². The Bertz CT molecular complexity index is 511. The number of benzene rings is 1. The monoisotopic (exact) mass is 293 g/mol. The van der Waals surface area contributed by atoms with Crippen LogP contribution in [0.25, 0.3) is 0 Å². The normalized spacial score (nSPS) is 19.6. The summed E-state index contributed by atoms with van der Waals surface area (Å²) in [5, 5.41) is 11.1. The lowest BCUT2D eigenvalue weighted by Gasteiger charge is -2.35. The summed E-state index contributed by atoms with van der Waals surface area (Å²) in [5.74, 6) is 0. The highest BCUT2D eigenvalue weighted by molar-refractivity contribution is 5.74. The lowest BCUT2D eigenvalue weighted by atomic mass is 10.1. The van der Waals surface area contributed by atoms with Gasteiger partial charge in [-0.1, -0.05) is 0 Å². The van der Waals surface area contributed by atoms with Crippen molar-refractivity contribution in [2.24, 2.45) is 0 Å². The maximum absolute atomic E-state index is 11.1. The number of ether oxygens (including phenoxy) is 2. The fourth-order valence-electron chi connectivity index (χ4n) is 2.75. The van der Waals surface area contributed by atoms with Crippen LogP contribution >= 0.6 is 0 Å². The number of non-ortho nitro benzene ring substituents is 1. The van der Waals surface area contributed by atoms with Gasteiger partial charge in [-0.3, -0.25) is 10.1 Å². The standard InChI is InChI=1S/C14H19N3O4/c18-17(19)12-1-2-13(15-3-7-20-8-4-15)14(11-12)16-5-9-21-10-6-16/h1-2,11H,3-10H2. The van der Waals surface area contributed by atoms with Gasteiger partial charge in [-0.25, -0.2) is 0 Å². The lowest BCUT2D eigenvalue weighted by Crippen LogP contribution is -2.40. The summed E-state index contributed by atoms with van der Waals surface area (Å²) in [6, 6.07) is 5.11. The van der Waals surface area contributed by atoms with Crippen LogP contribution < -0.4 is 9.80 Å². The second-order valence-corrected chi connectivity index (χ2v) is 5.13. The Labute approximate surface area is 123 Å². The lowest BCUT2D eigenvalue weighted by molar-refractivity contribution is -0.384. The average molecular weight is 293 g/mol. The molecule has 114 valence electrons. The fraction of sp³-hybridized carbons (Fsp3) is 0.571. The Morgan fingerprint density at radius 2 is 1.43 bits per heavy atom. The molecule has 0 bridgehead atoms. The van der Waals surface area contributed by atoms with Gasteiger partial charge in [-0.2, -0.15) is 0 Å². The summed E-state index contributed by atoms with van der Waals surface area (Å²) in [5.41, 5.74) is 2.11. The zero-order valence-electron chi connectivity index (χ0n) is 11.9. The molecule has 2 aliphatic rings. The summed E-state index contributed by atoms with van der Waals surface area (Å²) in [4.78, 5) is 15.1. The Balaban J connectivity index is 1.94. The molecule has 0 unspecified atom stereocenters. The maximum atomic E-state index is 11.1. The Morgan fingerprint density at radius 3 is 1.95 bits per heavy atom. The third-order valence-corrected chi connectivity index (χ3v) is 3.87. The van der Waals surface area contributed by atoms with Gasteiger partial charge in [-0.05, 0) is 6.07 Å². The van der Waals surface area contributed by atoms with Crippen molar-refractivity contribution < 1.29 is 14.4 Å². The van der Waals surface area contributed by atoms with E-state index in [0.29, 0.717) is 26.4 Å². The molecule has 0 saturated carbocycles. The van der Waals surface area contributed by atoms with Crippen LogP contribution in [0.15, 0.2) is 18.2 Å². The van der Waals surface area contributed by atoms with E-state index in [1.807, 2.05) is 6.07 Å². The molecule has 3 rings (SSSR count). The first-order chi connectivity index (χ1) is 10.3. The van der Waals surface area contributed by atoms with Crippen molar-refractivity contribution >= 4 is 17.1 Å². The van der Waals surface area contributed by atoms with Crippen molar-refractivity contribution in [3.63, 3.8) is 0 Å². The molecular formula is C14H19N3O4. The van der Waals surface area contributed by atoms with Gasteiger partial charge < -0.3 is 19.3 Å². The van der Waals surface area contributed by atoms with E-state index in [2.05, 4.69) is 9.80 Å². The average Bonchev–Trinajstić information content (AvgIpc) is 2.56. The van der Waals surface area contributed by atoms with Gasteiger partial charge >= 0.3 is 0 Å². The number of nitrogens with zero attached hydrogens (tertiary/aromatic N) is 3. The molecule has 21 heavy (non-hydrogen) atoms. The van der Waals surface area contributed by atoms with E-state index >= 15 is 0 Å². The molecule has 2 fully saturated rings. The van der Waals surface area contributed by atoms with Crippen LogP contribution in [0.5, 0.6) is 0 Å². The van der Waals surface area contributed by atoms with Gasteiger partial charge in [0.15, 0.2) is 0 Å². The largest absolute Gasteiger partial charge is 0.378 e. The summed E-state index contributed by atoms with van der Waals surface area (Å²) >= 11 is 0. The van der Waals surface area contributed by atoms with Crippen molar-refractivity contribution in [1.82, 2.24) is 0 Å². The minimum absolute atomic E-state index is 0.133. The van der Waals surface area contributed by atoms with Gasteiger partial charge in [0.1, 0.15) is 0 Å². The number of rotatable bonds is 3. The third kappa shape index (κ3) is 3.08. The molecule has 0 atom stereocenters. The van der Waals surface area contributed by atoms with Gasteiger partial charge in [0, 0.05) is 38.3 Å². The molecule has 0 aliphatic carbocycles. The molecule has 1 aromatic carbocycles. The van der Waals surface area contributed by atoms with Crippen molar-refractivity contribution in [3.05, 3.63) is 28.3 Å². The molecule has 0 N–H and O–H groups in total.